The Morgan fingerprint density at radius 2 is 2.00 bits per heavy atom. The maximum Gasteiger partial charge on any atom is 0.198 e. The highest BCUT2D eigenvalue weighted by Gasteiger charge is 2.20. The van der Waals surface area contributed by atoms with Gasteiger partial charge >= 0.3 is 0 Å². The van der Waals surface area contributed by atoms with Gasteiger partial charge in [-0.1, -0.05) is 27.2 Å². The van der Waals surface area contributed by atoms with Gasteiger partial charge < -0.3 is 9.73 Å². The van der Waals surface area contributed by atoms with Crippen molar-refractivity contribution in [2.75, 3.05) is 5.32 Å². The van der Waals surface area contributed by atoms with Crippen molar-refractivity contribution in [3.8, 4) is 0 Å². The minimum atomic E-state index is 0.332. The van der Waals surface area contributed by atoms with Crippen molar-refractivity contribution < 1.29 is 4.42 Å². The van der Waals surface area contributed by atoms with Crippen LogP contribution in [0.25, 0.3) is 11.1 Å². The number of rotatable bonds is 4. The lowest BCUT2D eigenvalue weighted by Crippen LogP contribution is -2.25. The van der Waals surface area contributed by atoms with Gasteiger partial charge in [0.2, 0.25) is 0 Å². The lowest BCUT2D eigenvalue weighted by molar-refractivity contribution is 0.330. The third-order valence-electron chi connectivity index (χ3n) is 4.69. The van der Waals surface area contributed by atoms with Crippen LogP contribution in [0.15, 0.2) is 22.6 Å². The first-order valence-electron chi connectivity index (χ1n) is 8.32. The maximum absolute atomic E-state index is 5.76. The van der Waals surface area contributed by atoms with Gasteiger partial charge in [-0.2, -0.15) is 0 Å². The van der Waals surface area contributed by atoms with Crippen molar-refractivity contribution in [2.24, 2.45) is 5.92 Å². The zero-order chi connectivity index (χ0) is 14.8. The van der Waals surface area contributed by atoms with Crippen LogP contribution in [0.1, 0.15) is 64.7 Å². The molecule has 3 heteroatoms. The van der Waals surface area contributed by atoms with E-state index >= 15 is 0 Å². The van der Waals surface area contributed by atoms with Gasteiger partial charge in [0.1, 0.15) is 5.52 Å². The number of hydrogen-bond donors (Lipinski definition) is 1. The SMILES string of the molecule is CCC1CCC(Nc2ccc3oc(C(C)C)nc3c2)CC1. The molecule has 0 aliphatic heterocycles. The second kappa shape index (κ2) is 6.08. The third kappa shape index (κ3) is 3.22. The van der Waals surface area contributed by atoms with Gasteiger partial charge in [0, 0.05) is 17.6 Å². The Balaban J connectivity index is 1.70. The van der Waals surface area contributed by atoms with Crippen LogP contribution in [0.5, 0.6) is 0 Å². The first-order chi connectivity index (χ1) is 10.2. The smallest absolute Gasteiger partial charge is 0.198 e. The fourth-order valence-electron chi connectivity index (χ4n) is 3.23. The molecule has 3 nitrogen and oxygen atoms in total. The number of nitrogens with zero attached hydrogens (tertiary/aromatic N) is 1. The molecule has 3 rings (SSSR count). The molecule has 114 valence electrons. The van der Waals surface area contributed by atoms with Crippen LogP contribution >= 0.6 is 0 Å². The first-order valence-corrected chi connectivity index (χ1v) is 8.32. The van der Waals surface area contributed by atoms with Gasteiger partial charge in [-0.25, -0.2) is 4.98 Å². The number of benzene rings is 1. The predicted molar refractivity (Wildman–Crippen MR) is 87.8 cm³/mol. The summed E-state index contributed by atoms with van der Waals surface area (Å²) >= 11 is 0. The quantitative estimate of drug-likeness (QED) is 0.825. The van der Waals surface area contributed by atoms with Crippen LogP contribution in [0.3, 0.4) is 0 Å². The largest absolute Gasteiger partial charge is 0.440 e. The van der Waals surface area contributed by atoms with Crippen molar-refractivity contribution in [1.82, 2.24) is 4.98 Å². The summed E-state index contributed by atoms with van der Waals surface area (Å²) in [5.74, 6) is 2.10. The highest BCUT2D eigenvalue weighted by molar-refractivity contribution is 5.77. The molecule has 0 amide bonds. The number of aromatic nitrogens is 1. The van der Waals surface area contributed by atoms with Crippen LogP contribution in [0.2, 0.25) is 0 Å². The molecule has 1 aliphatic carbocycles. The molecule has 0 atom stereocenters. The Kier molecular flexibility index (Phi) is 4.18. The second-order valence-electron chi connectivity index (χ2n) is 6.66. The molecule has 0 bridgehead atoms. The van der Waals surface area contributed by atoms with Crippen molar-refractivity contribution in [1.29, 1.82) is 0 Å². The summed E-state index contributed by atoms with van der Waals surface area (Å²) in [6, 6.07) is 6.88. The number of hydrogen-bond acceptors (Lipinski definition) is 3. The van der Waals surface area contributed by atoms with Crippen molar-refractivity contribution in [2.45, 2.75) is 64.8 Å². The molecule has 21 heavy (non-hydrogen) atoms. The number of fused-ring (bicyclic) bond motifs is 1. The summed E-state index contributed by atoms with van der Waals surface area (Å²) in [6.45, 7) is 6.52. The third-order valence-corrected chi connectivity index (χ3v) is 4.69. The Morgan fingerprint density at radius 1 is 1.24 bits per heavy atom. The van der Waals surface area contributed by atoms with Gasteiger partial charge in [0.25, 0.3) is 0 Å². The van der Waals surface area contributed by atoms with E-state index in [0.29, 0.717) is 12.0 Å². The summed E-state index contributed by atoms with van der Waals surface area (Å²) in [4.78, 5) is 4.58. The van der Waals surface area contributed by atoms with E-state index in [1.54, 1.807) is 0 Å². The van der Waals surface area contributed by atoms with Crippen LogP contribution in [0, 0.1) is 5.92 Å². The Morgan fingerprint density at radius 3 is 2.67 bits per heavy atom. The van der Waals surface area contributed by atoms with Crippen LogP contribution in [-0.4, -0.2) is 11.0 Å². The Hall–Kier alpha value is -1.51. The number of anilines is 1. The molecule has 0 saturated heterocycles. The van der Waals surface area contributed by atoms with E-state index in [4.69, 9.17) is 4.42 Å². The highest BCUT2D eigenvalue weighted by atomic mass is 16.3. The Labute approximate surface area is 127 Å². The molecule has 1 aromatic heterocycles. The molecule has 1 N–H and O–H groups in total. The van der Waals surface area contributed by atoms with Gasteiger partial charge in [-0.15, -0.1) is 0 Å². The molecular formula is C18H26N2O. The van der Waals surface area contributed by atoms with E-state index in [0.717, 1.165) is 22.9 Å². The fraction of sp³-hybridized carbons (Fsp3) is 0.611. The fourth-order valence-corrected chi connectivity index (χ4v) is 3.23. The van der Waals surface area contributed by atoms with E-state index in [1.807, 2.05) is 6.07 Å². The molecule has 2 aromatic rings. The molecular weight excluding hydrogens is 260 g/mol. The average molecular weight is 286 g/mol. The minimum Gasteiger partial charge on any atom is -0.440 e. The van der Waals surface area contributed by atoms with Crippen LogP contribution in [0.4, 0.5) is 5.69 Å². The van der Waals surface area contributed by atoms with E-state index in [2.05, 4.69) is 43.2 Å². The average Bonchev–Trinajstić information content (AvgIpc) is 2.91. The molecule has 0 unspecified atom stereocenters. The zero-order valence-corrected chi connectivity index (χ0v) is 13.4. The van der Waals surface area contributed by atoms with Crippen molar-refractivity contribution >= 4 is 16.8 Å². The maximum atomic E-state index is 5.76. The summed E-state index contributed by atoms with van der Waals surface area (Å²) in [7, 11) is 0. The summed E-state index contributed by atoms with van der Waals surface area (Å²) in [5.41, 5.74) is 3.02. The van der Waals surface area contributed by atoms with Gasteiger partial charge in [-0.3, -0.25) is 0 Å². The van der Waals surface area contributed by atoms with Crippen molar-refractivity contribution in [3.63, 3.8) is 0 Å². The zero-order valence-electron chi connectivity index (χ0n) is 13.4. The van der Waals surface area contributed by atoms with Gasteiger partial charge in [0.15, 0.2) is 11.5 Å². The first kappa shape index (κ1) is 14.4. The van der Waals surface area contributed by atoms with E-state index in [1.165, 1.54) is 37.8 Å². The molecule has 1 aliphatic rings. The summed E-state index contributed by atoms with van der Waals surface area (Å²) in [6.07, 6.45) is 6.62. The normalized spacial score (nSPS) is 22.9. The molecule has 1 aromatic carbocycles. The molecule has 1 fully saturated rings. The topological polar surface area (TPSA) is 38.1 Å². The summed E-state index contributed by atoms with van der Waals surface area (Å²) in [5, 5.41) is 3.67. The molecule has 0 spiro atoms. The van der Waals surface area contributed by atoms with Crippen LogP contribution < -0.4 is 5.32 Å². The molecule has 0 radical (unpaired) electrons. The second-order valence-corrected chi connectivity index (χ2v) is 6.66. The van der Waals surface area contributed by atoms with E-state index in [-0.39, 0.29) is 0 Å². The van der Waals surface area contributed by atoms with Gasteiger partial charge in [-0.05, 0) is 49.8 Å². The highest BCUT2D eigenvalue weighted by Crippen LogP contribution is 2.29. The van der Waals surface area contributed by atoms with E-state index < -0.39 is 0 Å². The lowest BCUT2D eigenvalue weighted by Gasteiger charge is -2.29. The lowest BCUT2D eigenvalue weighted by atomic mass is 9.84. The van der Waals surface area contributed by atoms with Crippen molar-refractivity contribution in [3.05, 3.63) is 24.1 Å². The number of oxazole rings is 1. The van der Waals surface area contributed by atoms with Crippen LogP contribution in [-0.2, 0) is 0 Å². The predicted octanol–water partition coefficient (Wildman–Crippen LogP) is 5.33. The monoisotopic (exact) mass is 286 g/mol. The molecule has 1 saturated carbocycles. The van der Waals surface area contributed by atoms with Gasteiger partial charge in [0.05, 0.1) is 0 Å². The molecule has 1 heterocycles. The standard InChI is InChI=1S/C18H26N2O/c1-4-13-5-7-14(8-6-13)19-15-9-10-17-16(11-15)20-18(21-17)12(2)3/h9-14,19H,4-8H2,1-3H3. The summed E-state index contributed by atoms with van der Waals surface area (Å²) < 4.78 is 5.76. The number of nitrogens with one attached hydrogen (secondary N) is 1. The minimum absolute atomic E-state index is 0.332. The van der Waals surface area contributed by atoms with E-state index in [9.17, 15) is 0 Å². The Bertz CT molecular complexity index is 594.